The van der Waals surface area contributed by atoms with Gasteiger partial charge in [-0.15, -0.1) is 0 Å². The van der Waals surface area contributed by atoms with Crippen LogP contribution in [-0.4, -0.2) is 25.3 Å². The molecule has 2 fully saturated rings. The molecule has 1 atom stereocenters. The Morgan fingerprint density at radius 2 is 1.88 bits per heavy atom. The summed E-state index contributed by atoms with van der Waals surface area (Å²) >= 11 is 0. The highest BCUT2D eigenvalue weighted by atomic mass is 16.5. The Kier molecular flexibility index (Phi) is 5.79. The molecule has 2 saturated carbocycles. The Balaban J connectivity index is 1.40. The van der Waals surface area contributed by atoms with Crippen molar-refractivity contribution in [3.05, 3.63) is 0 Å². The molecule has 2 aliphatic rings. The van der Waals surface area contributed by atoms with Gasteiger partial charge in [0.25, 0.3) is 0 Å². The summed E-state index contributed by atoms with van der Waals surface area (Å²) in [5.74, 6) is 1.04. The number of hydrogen-bond donors (Lipinski definition) is 1. The van der Waals surface area contributed by atoms with Crippen LogP contribution in [0.2, 0.25) is 0 Å². The molecule has 2 aliphatic carbocycles. The molecule has 0 amide bonds. The van der Waals surface area contributed by atoms with Crippen molar-refractivity contribution < 1.29 is 4.74 Å². The first-order chi connectivity index (χ1) is 8.34. The van der Waals surface area contributed by atoms with Crippen molar-refractivity contribution in [2.24, 2.45) is 5.92 Å². The van der Waals surface area contributed by atoms with Gasteiger partial charge in [0.15, 0.2) is 0 Å². The van der Waals surface area contributed by atoms with Crippen LogP contribution in [0.15, 0.2) is 0 Å². The molecule has 2 nitrogen and oxygen atoms in total. The largest absolute Gasteiger partial charge is 0.378 e. The van der Waals surface area contributed by atoms with E-state index in [1.807, 2.05) is 0 Å². The van der Waals surface area contributed by atoms with Crippen molar-refractivity contribution in [2.45, 2.75) is 76.9 Å². The van der Waals surface area contributed by atoms with Crippen molar-refractivity contribution in [3.63, 3.8) is 0 Å². The maximum Gasteiger partial charge on any atom is 0.0575 e. The van der Waals surface area contributed by atoms with Gasteiger partial charge in [-0.2, -0.15) is 0 Å². The minimum absolute atomic E-state index is 0.577. The molecule has 17 heavy (non-hydrogen) atoms. The van der Waals surface area contributed by atoms with Crippen molar-refractivity contribution in [1.82, 2.24) is 5.32 Å². The number of hydrogen-bond acceptors (Lipinski definition) is 2. The third-order valence-electron chi connectivity index (χ3n) is 4.10. The molecule has 0 aliphatic heterocycles. The van der Waals surface area contributed by atoms with Crippen LogP contribution in [0.5, 0.6) is 0 Å². The van der Waals surface area contributed by atoms with E-state index < -0.39 is 0 Å². The zero-order chi connectivity index (χ0) is 11.9. The molecule has 0 aromatic rings. The van der Waals surface area contributed by atoms with Crippen LogP contribution in [0.4, 0.5) is 0 Å². The van der Waals surface area contributed by atoms with E-state index in [1.165, 1.54) is 57.8 Å². The second kappa shape index (κ2) is 7.38. The van der Waals surface area contributed by atoms with Gasteiger partial charge in [-0.3, -0.25) is 0 Å². The minimum Gasteiger partial charge on any atom is -0.378 e. The van der Waals surface area contributed by atoms with E-state index in [-0.39, 0.29) is 0 Å². The van der Waals surface area contributed by atoms with Gasteiger partial charge >= 0.3 is 0 Å². The quantitative estimate of drug-likeness (QED) is 0.655. The fourth-order valence-corrected chi connectivity index (χ4v) is 2.84. The van der Waals surface area contributed by atoms with Crippen molar-refractivity contribution in [3.8, 4) is 0 Å². The predicted octanol–water partition coefficient (Wildman–Crippen LogP) is 3.50. The summed E-state index contributed by atoms with van der Waals surface area (Å²) in [5, 5.41) is 3.61. The number of nitrogens with one attached hydrogen (secondary N) is 1. The van der Waals surface area contributed by atoms with Crippen molar-refractivity contribution >= 4 is 0 Å². The minimum atomic E-state index is 0.577. The first-order valence-electron chi connectivity index (χ1n) is 7.69. The van der Waals surface area contributed by atoms with Gasteiger partial charge in [0, 0.05) is 12.6 Å². The summed E-state index contributed by atoms with van der Waals surface area (Å²) in [4.78, 5) is 0. The molecule has 0 saturated heterocycles. The summed E-state index contributed by atoms with van der Waals surface area (Å²) in [5.41, 5.74) is 0. The molecule has 0 spiro atoms. The number of rotatable bonds is 8. The molecule has 0 aromatic heterocycles. The highest BCUT2D eigenvalue weighted by Gasteiger charge is 2.23. The van der Waals surface area contributed by atoms with E-state index in [4.69, 9.17) is 4.74 Å². The summed E-state index contributed by atoms with van der Waals surface area (Å²) in [6.45, 7) is 4.40. The molecule has 2 rings (SSSR count). The monoisotopic (exact) mass is 239 g/mol. The van der Waals surface area contributed by atoms with Gasteiger partial charge < -0.3 is 10.1 Å². The lowest BCUT2D eigenvalue weighted by Crippen LogP contribution is -2.28. The molecule has 0 radical (unpaired) electrons. The molecule has 2 heteroatoms. The summed E-state index contributed by atoms with van der Waals surface area (Å²) < 4.78 is 5.92. The molecule has 1 unspecified atom stereocenters. The lowest BCUT2D eigenvalue weighted by molar-refractivity contribution is 0.0271. The Bertz CT molecular complexity index is 197. The fraction of sp³-hybridized carbons (Fsp3) is 1.00. The molecule has 0 heterocycles. The van der Waals surface area contributed by atoms with E-state index in [1.54, 1.807) is 0 Å². The SMILES string of the molecule is CC(CC1CC1)NCCCOC1CCCCC1. The van der Waals surface area contributed by atoms with Gasteiger partial charge in [0.1, 0.15) is 0 Å². The lowest BCUT2D eigenvalue weighted by atomic mass is 9.98. The maximum absolute atomic E-state index is 5.92. The van der Waals surface area contributed by atoms with Gasteiger partial charge in [-0.25, -0.2) is 0 Å². The summed E-state index contributed by atoms with van der Waals surface area (Å²) in [6, 6.07) is 0.706. The Hall–Kier alpha value is -0.0800. The van der Waals surface area contributed by atoms with Gasteiger partial charge in [-0.1, -0.05) is 32.1 Å². The highest BCUT2D eigenvalue weighted by Crippen LogP contribution is 2.33. The van der Waals surface area contributed by atoms with Gasteiger partial charge in [0.05, 0.1) is 6.10 Å². The Morgan fingerprint density at radius 3 is 2.59 bits per heavy atom. The third-order valence-corrected chi connectivity index (χ3v) is 4.10. The summed E-state index contributed by atoms with van der Waals surface area (Å²) in [6.07, 6.45) is 12.8. The summed E-state index contributed by atoms with van der Waals surface area (Å²) in [7, 11) is 0. The highest BCUT2D eigenvalue weighted by molar-refractivity contribution is 4.77. The molecular formula is C15H29NO. The predicted molar refractivity (Wildman–Crippen MR) is 72.2 cm³/mol. The van der Waals surface area contributed by atoms with Crippen LogP contribution in [0.1, 0.15) is 64.7 Å². The first-order valence-corrected chi connectivity index (χ1v) is 7.69. The van der Waals surface area contributed by atoms with Gasteiger partial charge in [-0.05, 0) is 45.1 Å². The zero-order valence-corrected chi connectivity index (χ0v) is 11.4. The van der Waals surface area contributed by atoms with Crippen molar-refractivity contribution in [2.75, 3.05) is 13.2 Å². The van der Waals surface area contributed by atoms with Crippen LogP contribution in [-0.2, 0) is 4.74 Å². The van der Waals surface area contributed by atoms with Crippen LogP contribution >= 0.6 is 0 Å². The third kappa shape index (κ3) is 5.87. The van der Waals surface area contributed by atoms with E-state index in [2.05, 4.69) is 12.2 Å². The fourth-order valence-electron chi connectivity index (χ4n) is 2.84. The average molecular weight is 239 g/mol. The average Bonchev–Trinajstić information content (AvgIpc) is 3.14. The van der Waals surface area contributed by atoms with E-state index in [0.29, 0.717) is 12.1 Å². The van der Waals surface area contributed by atoms with E-state index in [9.17, 15) is 0 Å². The second-order valence-corrected chi connectivity index (χ2v) is 6.02. The van der Waals surface area contributed by atoms with Gasteiger partial charge in [0.2, 0.25) is 0 Å². The van der Waals surface area contributed by atoms with E-state index >= 15 is 0 Å². The maximum atomic E-state index is 5.92. The molecule has 100 valence electrons. The molecular weight excluding hydrogens is 210 g/mol. The molecule has 1 N–H and O–H groups in total. The van der Waals surface area contributed by atoms with Crippen molar-refractivity contribution in [1.29, 1.82) is 0 Å². The Labute approximate surface area is 107 Å². The molecule has 0 aromatic carbocycles. The smallest absolute Gasteiger partial charge is 0.0575 e. The normalized spacial score (nSPS) is 23.8. The first kappa shape index (κ1) is 13.4. The van der Waals surface area contributed by atoms with Crippen LogP contribution in [0.25, 0.3) is 0 Å². The second-order valence-electron chi connectivity index (χ2n) is 6.02. The topological polar surface area (TPSA) is 21.3 Å². The van der Waals surface area contributed by atoms with Crippen LogP contribution < -0.4 is 5.32 Å². The lowest BCUT2D eigenvalue weighted by Gasteiger charge is -2.22. The van der Waals surface area contributed by atoms with Crippen LogP contribution in [0.3, 0.4) is 0 Å². The zero-order valence-electron chi connectivity index (χ0n) is 11.4. The molecule has 0 bridgehead atoms. The standard InChI is InChI=1S/C15H29NO/c1-13(12-14-8-9-14)16-10-5-11-17-15-6-3-2-4-7-15/h13-16H,2-12H2,1H3. The number of ether oxygens (including phenoxy) is 1. The van der Waals surface area contributed by atoms with E-state index in [0.717, 1.165) is 19.1 Å². The van der Waals surface area contributed by atoms with Crippen LogP contribution in [0, 0.1) is 5.92 Å². The Morgan fingerprint density at radius 1 is 1.12 bits per heavy atom.